The third-order valence-electron chi connectivity index (χ3n) is 4.36. The van der Waals surface area contributed by atoms with E-state index in [1.165, 1.54) is 14.2 Å². The summed E-state index contributed by atoms with van der Waals surface area (Å²) in [7, 11) is 2.72. The summed E-state index contributed by atoms with van der Waals surface area (Å²) < 4.78 is 9.95. The highest BCUT2D eigenvalue weighted by Gasteiger charge is 2.36. The Labute approximate surface area is 185 Å². The van der Waals surface area contributed by atoms with Crippen molar-refractivity contribution in [3.63, 3.8) is 0 Å². The molecule has 1 fully saturated rings. The maximum atomic E-state index is 12.6. The number of thioether (sulfide) groups is 1. The number of benzene rings is 2. The number of hydrogen-bond donors (Lipinski definition) is 2. The number of anilines is 1. The Morgan fingerprint density at radius 1 is 1.22 bits per heavy atom. The highest BCUT2D eigenvalue weighted by atomic mass is 32.2. The van der Waals surface area contributed by atoms with Crippen LogP contribution < -0.4 is 14.8 Å². The molecule has 1 saturated heterocycles. The van der Waals surface area contributed by atoms with Crippen LogP contribution >= 0.6 is 11.8 Å². The number of ether oxygens (including phenoxy) is 2. The van der Waals surface area contributed by atoms with Crippen molar-refractivity contribution in [3.05, 3.63) is 57.0 Å². The Balaban J connectivity index is 1.78. The SMILES string of the molecule is COc1ccc(NC(=O)CN2C(=O)S/C(=C/c3cc([N+](=O)[O-])cc(OC)c3O)C2=O)cc1. The lowest BCUT2D eigenvalue weighted by Crippen LogP contribution is -2.36. The molecule has 1 aliphatic rings. The number of phenolic OH excluding ortho intramolecular Hbond substituents is 1. The van der Waals surface area contributed by atoms with Gasteiger partial charge in [-0.1, -0.05) is 0 Å². The molecule has 3 rings (SSSR count). The second-order valence-corrected chi connectivity index (χ2v) is 7.38. The topological polar surface area (TPSA) is 148 Å². The molecule has 3 amide bonds. The smallest absolute Gasteiger partial charge is 0.294 e. The largest absolute Gasteiger partial charge is 0.504 e. The van der Waals surface area contributed by atoms with Gasteiger partial charge in [-0.15, -0.1) is 0 Å². The predicted molar refractivity (Wildman–Crippen MR) is 116 cm³/mol. The Bertz CT molecular complexity index is 1130. The van der Waals surface area contributed by atoms with E-state index in [0.29, 0.717) is 23.2 Å². The van der Waals surface area contributed by atoms with Crippen molar-refractivity contribution in [2.24, 2.45) is 0 Å². The van der Waals surface area contributed by atoms with Gasteiger partial charge in [0.1, 0.15) is 12.3 Å². The summed E-state index contributed by atoms with van der Waals surface area (Å²) in [4.78, 5) is 48.3. The van der Waals surface area contributed by atoms with Gasteiger partial charge in [-0.25, -0.2) is 0 Å². The number of nitro groups is 1. The number of phenols is 1. The summed E-state index contributed by atoms with van der Waals surface area (Å²) in [6.45, 7) is -0.529. The molecule has 166 valence electrons. The van der Waals surface area contributed by atoms with Gasteiger partial charge in [-0.3, -0.25) is 29.4 Å². The molecule has 32 heavy (non-hydrogen) atoms. The van der Waals surface area contributed by atoms with Crippen LogP contribution in [-0.2, 0) is 9.59 Å². The van der Waals surface area contributed by atoms with Crippen LogP contribution in [0.5, 0.6) is 17.2 Å². The monoisotopic (exact) mass is 459 g/mol. The quantitative estimate of drug-likeness (QED) is 0.362. The van der Waals surface area contributed by atoms with Crippen LogP contribution in [0.4, 0.5) is 16.2 Å². The maximum absolute atomic E-state index is 12.6. The van der Waals surface area contributed by atoms with Crippen LogP contribution in [0.1, 0.15) is 5.56 Å². The van der Waals surface area contributed by atoms with Crippen LogP contribution in [0.15, 0.2) is 41.3 Å². The fourth-order valence-corrected chi connectivity index (χ4v) is 3.61. The number of nitro benzene ring substituents is 1. The molecule has 12 heteroatoms. The molecule has 11 nitrogen and oxygen atoms in total. The molecular formula is C20H17N3O8S. The predicted octanol–water partition coefficient (Wildman–Crippen LogP) is 2.99. The van der Waals surface area contributed by atoms with Gasteiger partial charge < -0.3 is 19.9 Å². The second kappa shape index (κ2) is 9.39. The Morgan fingerprint density at radius 3 is 2.50 bits per heavy atom. The second-order valence-electron chi connectivity index (χ2n) is 6.39. The lowest BCUT2D eigenvalue weighted by Gasteiger charge is -2.12. The zero-order valence-electron chi connectivity index (χ0n) is 16.9. The summed E-state index contributed by atoms with van der Waals surface area (Å²) in [6, 6.07) is 8.55. The number of nitrogens with zero attached hydrogens (tertiary/aromatic N) is 2. The Hall–Kier alpha value is -4.06. The third kappa shape index (κ3) is 4.81. The molecule has 1 aliphatic heterocycles. The number of non-ortho nitro benzene ring substituents is 1. The van der Waals surface area contributed by atoms with Crippen molar-refractivity contribution in [2.75, 3.05) is 26.1 Å². The summed E-state index contributed by atoms with van der Waals surface area (Å²) in [5.41, 5.74) is 0.000147. The molecule has 2 aromatic rings. The van der Waals surface area contributed by atoms with E-state index in [9.17, 15) is 29.6 Å². The lowest BCUT2D eigenvalue weighted by atomic mass is 10.1. The van der Waals surface area contributed by atoms with Gasteiger partial charge in [0, 0.05) is 17.3 Å². The van der Waals surface area contributed by atoms with Gasteiger partial charge in [0.25, 0.3) is 16.8 Å². The minimum atomic E-state index is -0.769. The molecule has 0 atom stereocenters. The lowest BCUT2D eigenvalue weighted by molar-refractivity contribution is -0.385. The van der Waals surface area contributed by atoms with E-state index in [2.05, 4.69) is 5.32 Å². The fourth-order valence-electron chi connectivity index (χ4n) is 2.78. The third-order valence-corrected chi connectivity index (χ3v) is 5.26. The van der Waals surface area contributed by atoms with Crippen molar-refractivity contribution >= 4 is 46.3 Å². The fraction of sp³-hybridized carbons (Fsp3) is 0.150. The standard InChI is InChI=1S/C20H17N3O8S/c1-30-14-5-3-12(4-6-14)21-17(24)10-22-19(26)16(32-20(22)27)8-11-7-13(23(28)29)9-15(31-2)18(11)25/h3-9,25H,10H2,1-2H3,(H,21,24)/b16-8+. The first-order chi connectivity index (χ1) is 15.2. The zero-order chi connectivity index (χ0) is 23.4. The van der Waals surface area contributed by atoms with E-state index in [0.717, 1.165) is 23.1 Å². The molecule has 0 saturated carbocycles. The molecule has 0 aromatic heterocycles. The van der Waals surface area contributed by atoms with Crippen LogP contribution in [-0.4, -0.2) is 52.7 Å². The Kier molecular flexibility index (Phi) is 6.64. The van der Waals surface area contributed by atoms with Crippen molar-refractivity contribution in [3.8, 4) is 17.2 Å². The van der Waals surface area contributed by atoms with Crippen LogP contribution in [0.3, 0.4) is 0 Å². The number of carbonyl (C=O) groups is 3. The Morgan fingerprint density at radius 2 is 1.91 bits per heavy atom. The van der Waals surface area contributed by atoms with E-state index in [1.807, 2.05) is 0 Å². The minimum absolute atomic E-state index is 0.0794. The number of rotatable bonds is 7. The summed E-state index contributed by atoms with van der Waals surface area (Å²) in [6.07, 6.45) is 1.14. The van der Waals surface area contributed by atoms with E-state index in [-0.39, 0.29) is 21.9 Å². The number of nitrogens with one attached hydrogen (secondary N) is 1. The molecule has 0 unspecified atom stereocenters. The van der Waals surface area contributed by atoms with Gasteiger partial charge in [0.2, 0.25) is 5.91 Å². The molecule has 1 heterocycles. The number of carbonyl (C=O) groups excluding carboxylic acids is 3. The molecule has 0 bridgehead atoms. The zero-order valence-corrected chi connectivity index (χ0v) is 17.7. The number of imide groups is 1. The van der Waals surface area contributed by atoms with E-state index in [1.54, 1.807) is 24.3 Å². The number of hydrogen-bond acceptors (Lipinski definition) is 9. The average Bonchev–Trinajstić information content (AvgIpc) is 3.02. The molecule has 2 N–H and O–H groups in total. The van der Waals surface area contributed by atoms with E-state index < -0.39 is 34.3 Å². The summed E-state index contributed by atoms with van der Waals surface area (Å²) in [5, 5.41) is 23.2. The first kappa shape index (κ1) is 22.6. The van der Waals surface area contributed by atoms with Gasteiger partial charge in [-0.2, -0.15) is 0 Å². The molecule has 0 radical (unpaired) electrons. The van der Waals surface area contributed by atoms with Crippen LogP contribution in [0, 0.1) is 10.1 Å². The minimum Gasteiger partial charge on any atom is -0.504 e. The van der Waals surface area contributed by atoms with Crippen molar-refractivity contribution in [1.82, 2.24) is 4.90 Å². The highest BCUT2D eigenvalue weighted by Crippen LogP contribution is 2.39. The van der Waals surface area contributed by atoms with E-state index in [4.69, 9.17) is 9.47 Å². The van der Waals surface area contributed by atoms with Gasteiger partial charge in [-0.05, 0) is 42.1 Å². The molecular weight excluding hydrogens is 442 g/mol. The highest BCUT2D eigenvalue weighted by molar-refractivity contribution is 8.18. The molecule has 0 spiro atoms. The van der Waals surface area contributed by atoms with Crippen molar-refractivity contribution in [1.29, 1.82) is 0 Å². The van der Waals surface area contributed by atoms with E-state index >= 15 is 0 Å². The summed E-state index contributed by atoms with van der Waals surface area (Å²) in [5.74, 6) is -1.36. The van der Waals surface area contributed by atoms with Gasteiger partial charge in [0.05, 0.1) is 30.1 Å². The number of amides is 3. The number of methoxy groups -OCH3 is 2. The average molecular weight is 459 g/mol. The maximum Gasteiger partial charge on any atom is 0.294 e. The number of aromatic hydroxyl groups is 1. The molecule has 0 aliphatic carbocycles. The van der Waals surface area contributed by atoms with Crippen molar-refractivity contribution in [2.45, 2.75) is 0 Å². The summed E-state index contributed by atoms with van der Waals surface area (Å²) >= 11 is 0.546. The first-order valence-corrected chi connectivity index (χ1v) is 9.79. The normalized spacial score (nSPS) is 14.6. The first-order valence-electron chi connectivity index (χ1n) is 8.98. The van der Waals surface area contributed by atoms with Crippen LogP contribution in [0.25, 0.3) is 6.08 Å². The van der Waals surface area contributed by atoms with Gasteiger partial charge >= 0.3 is 0 Å². The van der Waals surface area contributed by atoms with Gasteiger partial charge in [0.15, 0.2) is 11.5 Å². The van der Waals surface area contributed by atoms with Crippen molar-refractivity contribution < 1.29 is 33.9 Å². The van der Waals surface area contributed by atoms with Crippen LogP contribution in [0.2, 0.25) is 0 Å². The molecule has 2 aromatic carbocycles.